The fraction of sp³-hybridized carbons (Fsp3) is 0.211. The lowest BCUT2D eigenvalue weighted by molar-refractivity contribution is -0.141. The molecule has 0 aliphatic carbocycles. The number of nitrogens with one attached hydrogen (secondary N) is 1. The van der Waals surface area contributed by atoms with Gasteiger partial charge in [-0.2, -0.15) is 0 Å². The van der Waals surface area contributed by atoms with Crippen LogP contribution in [0.25, 0.3) is 22.0 Å². The highest BCUT2D eigenvalue weighted by Crippen LogP contribution is 2.30. The van der Waals surface area contributed by atoms with Gasteiger partial charge in [0.2, 0.25) is 0 Å². The average molecular weight is 293 g/mol. The quantitative estimate of drug-likeness (QED) is 0.728. The Labute approximate surface area is 129 Å². The molecule has 0 bridgehead atoms. The van der Waals surface area contributed by atoms with Gasteiger partial charge in [0, 0.05) is 17.1 Å². The third-order valence-electron chi connectivity index (χ3n) is 4.19. The number of H-pyrrole nitrogens is 1. The molecule has 2 aromatic carbocycles. The summed E-state index contributed by atoms with van der Waals surface area (Å²) in [6.07, 6.45) is 3.15. The minimum atomic E-state index is -0.726. The van der Waals surface area contributed by atoms with Crippen molar-refractivity contribution < 1.29 is 9.90 Å². The number of aromatic nitrogens is 1. The minimum absolute atomic E-state index is 0.334. The number of aromatic amines is 1. The van der Waals surface area contributed by atoms with Gasteiger partial charge < -0.3 is 10.1 Å². The second-order valence-electron chi connectivity index (χ2n) is 5.56. The number of rotatable bonds is 5. The van der Waals surface area contributed by atoms with Crippen LogP contribution in [0.5, 0.6) is 0 Å². The lowest BCUT2D eigenvalue weighted by Gasteiger charge is -2.09. The Balaban J connectivity index is 2.04. The number of aliphatic carboxylic acids is 1. The first kappa shape index (κ1) is 14.4. The van der Waals surface area contributed by atoms with Gasteiger partial charge in [0.15, 0.2) is 0 Å². The fourth-order valence-electron chi connectivity index (χ4n) is 2.91. The number of fused-ring (bicyclic) bond motifs is 1. The lowest BCUT2D eigenvalue weighted by Crippen LogP contribution is -2.15. The summed E-state index contributed by atoms with van der Waals surface area (Å²) in [5.74, 6) is -1.06. The third-order valence-corrected chi connectivity index (χ3v) is 4.19. The van der Waals surface area contributed by atoms with E-state index in [4.69, 9.17) is 0 Å². The Morgan fingerprint density at radius 1 is 1.14 bits per heavy atom. The van der Waals surface area contributed by atoms with E-state index in [2.05, 4.69) is 29.2 Å². The second kappa shape index (κ2) is 6.06. The first-order valence-electron chi connectivity index (χ1n) is 7.58. The molecule has 0 amide bonds. The Morgan fingerprint density at radius 3 is 2.59 bits per heavy atom. The molecule has 0 fully saturated rings. The van der Waals surface area contributed by atoms with Crippen LogP contribution in [0.4, 0.5) is 0 Å². The van der Waals surface area contributed by atoms with Crippen LogP contribution in [-0.4, -0.2) is 16.1 Å². The van der Waals surface area contributed by atoms with E-state index in [9.17, 15) is 9.90 Å². The number of para-hydroxylation sites is 1. The zero-order valence-corrected chi connectivity index (χ0v) is 12.5. The van der Waals surface area contributed by atoms with Crippen LogP contribution in [0.15, 0.2) is 54.7 Å². The molecule has 3 nitrogen and oxygen atoms in total. The van der Waals surface area contributed by atoms with Gasteiger partial charge in [-0.15, -0.1) is 0 Å². The van der Waals surface area contributed by atoms with E-state index >= 15 is 0 Å². The monoisotopic (exact) mass is 293 g/mol. The molecule has 3 rings (SSSR count). The van der Waals surface area contributed by atoms with Crippen LogP contribution >= 0.6 is 0 Å². The van der Waals surface area contributed by atoms with Gasteiger partial charge >= 0.3 is 5.97 Å². The molecule has 0 aliphatic rings. The molecule has 0 saturated carbocycles. The molecule has 1 heterocycles. The van der Waals surface area contributed by atoms with Crippen molar-refractivity contribution in [3.05, 3.63) is 60.3 Å². The standard InChI is InChI=1S/C19H19NO2/c1-2-13(19(21)22)11-15-12-20-18-16(9-6-10-17(15)18)14-7-4-3-5-8-14/h3-10,12-13,20H,2,11H2,1H3,(H,21,22)/t13-/m0/s1. The number of carbonyl (C=O) groups is 1. The van der Waals surface area contributed by atoms with Crippen molar-refractivity contribution in [3.63, 3.8) is 0 Å². The molecule has 0 radical (unpaired) electrons. The lowest BCUT2D eigenvalue weighted by atomic mass is 9.95. The van der Waals surface area contributed by atoms with Gasteiger partial charge in [-0.1, -0.05) is 55.5 Å². The SMILES string of the molecule is CC[C@@H](Cc1c[nH]c2c(-c3ccccc3)cccc12)C(=O)O. The number of benzene rings is 2. The Bertz CT molecular complexity index is 790. The van der Waals surface area contributed by atoms with E-state index in [-0.39, 0.29) is 5.92 Å². The van der Waals surface area contributed by atoms with Gasteiger partial charge in [0.1, 0.15) is 0 Å². The van der Waals surface area contributed by atoms with Crippen molar-refractivity contribution in [3.8, 4) is 11.1 Å². The predicted molar refractivity (Wildman–Crippen MR) is 88.9 cm³/mol. The molecule has 3 aromatic rings. The van der Waals surface area contributed by atoms with Crippen molar-refractivity contribution in [1.29, 1.82) is 0 Å². The maximum atomic E-state index is 11.3. The summed E-state index contributed by atoms with van der Waals surface area (Å²) in [4.78, 5) is 14.6. The summed E-state index contributed by atoms with van der Waals surface area (Å²) in [7, 11) is 0. The Hall–Kier alpha value is -2.55. The number of carboxylic acids is 1. The van der Waals surface area contributed by atoms with Gasteiger partial charge in [0.05, 0.1) is 11.4 Å². The zero-order chi connectivity index (χ0) is 15.5. The van der Waals surface area contributed by atoms with Crippen molar-refractivity contribution in [2.24, 2.45) is 5.92 Å². The van der Waals surface area contributed by atoms with Crippen LogP contribution in [0.2, 0.25) is 0 Å². The van der Waals surface area contributed by atoms with Gasteiger partial charge in [0.25, 0.3) is 0 Å². The average Bonchev–Trinajstić information content (AvgIpc) is 2.96. The van der Waals surface area contributed by atoms with E-state index in [0.29, 0.717) is 12.8 Å². The highest BCUT2D eigenvalue weighted by atomic mass is 16.4. The normalized spacial score (nSPS) is 12.4. The van der Waals surface area contributed by atoms with Crippen LogP contribution < -0.4 is 0 Å². The van der Waals surface area contributed by atoms with E-state index in [0.717, 1.165) is 27.6 Å². The first-order chi connectivity index (χ1) is 10.7. The van der Waals surface area contributed by atoms with Crippen LogP contribution in [0.3, 0.4) is 0 Å². The molecular weight excluding hydrogens is 274 g/mol. The molecule has 0 saturated heterocycles. The Kier molecular flexibility index (Phi) is 3.96. The topological polar surface area (TPSA) is 53.1 Å². The maximum Gasteiger partial charge on any atom is 0.306 e. The number of hydrogen-bond acceptors (Lipinski definition) is 1. The Morgan fingerprint density at radius 2 is 1.91 bits per heavy atom. The highest BCUT2D eigenvalue weighted by Gasteiger charge is 2.18. The molecule has 1 aromatic heterocycles. The molecule has 112 valence electrons. The van der Waals surface area contributed by atoms with Crippen LogP contribution in [0.1, 0.15) is 18.9 Å². The highest BCUT2D eigenvalue weighted by molar-refractivity contribution is 5.96. The summed E-state index contributed by atoms with van der Waals surface area (Å²) in [6, 6.07) is 16.4. The van der Waals surface area contributed by atoms with Crippen LogP contribution in [-0.2, 0) is 11.2 Å². The maximum absolute atomic E-state index is 11.3. The summed E-state index contributed by atoms with van der Waals surface area (Å²) < 4.78 is 0. The van der Waals surface area contributed by atoms with E-state index < -0.39 is 5.97 Å². The zero-order valence-electron chi connectivity index (χ0n) is 12.5. The van der Waals surface area contributed by atoms with Crippen LogP contribution in [0, 0.1) is 5.92 Å². The largest absolute Gasteiger partial charge is 0.481 e. The smallest absolute Gasteiger partial charge is 0.306 e. The molecule has 0 unspecified atom stereocenters. The fourth-order valence-corrected chi connectivity index (χ4v) is 2.91. The van der Waals surface area contributed by atoms with E-state index in [1.807, 2.05) is 37.4 Å². The predicted octanol–water partition coefficient (Wildman–Crippen LogP) is 4.49. The van der Waals surface area contributed by atoms with Crippen molar-refractivity contribution in [1.82, 2.24) is 4.98 Å². The first-order valence-corrected chi connectivity index (χ1v) is 7.58. The number of carboxylic acid groups (broad SMARTS) is 1. The van der Waals surface area contributed by atoms with E-state index in [1.54, 1.807) is 0 Å². The molecule has 22 heavy (non-hydrogen) atoms. The van der Waals surface area contributed by atoms with Crippen molar-refractivity contribution in [2.45, 2.75) is 19.8 Å². The van der Waals surface area contributed by atoms with Gasteiger partial charge in [-0.25, -0.2) is 0 Å². The van der Waals surface area contributed by atoms with Crippen molar-refractivity contribution >= 4 is 16.9 Å². The molecule has 1 atom stereocenters. The molecule has 2 N–H and O–H groups in total. The molecular formula is C19H19NO2. The van der Waals surface area contributed by atoms with E-state index in [1.165, 1.54) is 0 Å². The molecule has 0 spiro atoms. The minimum Gasteiger partial charge on any atom is -0.481 e. The molecule has 0 aliphatic heterocycles. The van der Waals surface area contributed by atoms with Gasteiger partial charge in [-0.05, 0) is 24.0 Å². The summed E-state index contributed by atoms with van der Waals surface area (Å²) >= 11 is 0. The third kappa shape index (κ3) is 2.62. The second-order valence-corrected chi connectivity index (χ2v) is 5.56. The summed E-state index contributed by atoms with van der Waals surface area (Å²) in [5.41, 5.74) is 4.45. The van der Waals surface area contributed by atoms with Gasteiger partial charge in [-0.3, -0.25) is 4.79 Å². The number of hydrogen-bond donors (Lipinski definition) is 2. The summed E-state index contributed by atoms with van der Waals surface area (Å²) in [6.45, 7) is 1.92. The van der Waals surface area contributed by atoms with Crippen molar-refractivity contribution in [2.75, 3.05) is 0 Å². The molecule has 3 heteroatoms. The summed E-state index contributed by atoms with van der Waals surface area (Å²) in [5, 5.41) is 10.4.